The molecule has 3 heteroatoms. The number of rotatable bonds is 4. The number of nitrogens with one attached hydrogen (secondary N) is 1. The zero-order valence-corrected chi connectivity index (χ0v) is 14.5. The highest BCUT2D eigenvalue weighted by Crippen LogP contribution is 2.28. The van der Waals surface area contributed by atoms with Gasteiger partial charge in [0.05, 0.1) is 12.6 Å². The topological polar surface area (TPSA) is 38.3 Å². The fourth-order valence-electron chi connectivity index (χ4n) is 3.69. The van der Waals surface area contributed by atoms with Gasteiger partial charge in [0.25, 0.3) is 0 Å². The van der Waals surface area contributed by atoms with Gasteiger partial charge in [-0.1, -0.05) is 24.3 Å². The first kappa shape index (κ1) is 15.9. The Kier molecular flexibility index (Phi) is 4.31. The molecule has 4 rings (SSSR count). The van der Waals surface area contributed by atoms with Gasteiger partial charge in [0.1, 0.15) is 5.75 Å². The number of hydrogen-bond donors (Lipinski definition) is 1. The van der Waals surface area contributed by atoms with Crippen LogP contribution in [0.15, 0.2) is 42.5 Å². The van der Waals surface area contributed by atoms with Gasteiger partial charge in [0, 0.05) is 12.5 Å². The van der Waals surface area contributed by atoms with Crippen LogP contribution in [0.1, 0.15) is 47.2 Å². The zero-order chi connectivity index (χ0) is 17.2. The van der Waals surface area contributed by atoms with Gasteiger partial charge in [-0.05, 0) is 72.2 Å². The summed E-state index contributed by atoms with van der Waals surface area (Å²) in [5.74, 6) is 0.906. The van der Waals surface area contributed by atoms with E-state index >= 15 is 0 Å². The number of carbonyl (C=O) groups is 1. The number of carbonyl (C=O) groups excluding carboxylic acids is 1. The van der Waals surface area contributed by atoms with Crippen molar-refractivity contribution in [3.8, 4) is 5.75 Å². The normalized spacial score (nSPS) is 16.4. The molecule has 3 nitrogen and oxygen atoms in total. The molecule has 0 saturated heterocycles. The highest BCUT2D eigenvalue weighted by Gasteiger charge is 2.15. The van der Waals surface area contributed by atoms with E-state index in [4.69, 9.17) is 4.74 Å². The Bertz CT molecular complexity index is 838. The van der Waals surface area contributed by atoms with Crippen LogP contribution in [0.2, 0.25) is 0 Å². The summed E-state index contributed by atoms with van der Waals surface area (Å²) in [5.41, 5.74) is 6.32. The molecule has 2 aliphatic rings. The van der Waals surface area contributed by atoms with Crippen molar-refractivity contribution in [2.45, 2.75) is 38.6 Å². The smallest absolute Gasteiger partial charge is 0.244 e. The van der Waals surface area contributed by atoms with Gasteiger partial charge in [-0.25, -0.2) is 0 Å². The summed E-state index contributed by atoms with van der Waals surface area (Å²) in [6.45, 7) is 2.77. The monoisotopic (exact) mass is 333 g/mol. The molecule has 1 unspecified atom stereocenters. The van der Waals surface area contributed by atoms with Crippen molar-refractivity contribution in [3.63, 3.8) is 0 Å². The number of hydrogen-bond acceptors (Lipinski definition) is 2. The Balaban J connectivity index is 1.39. The lowest BCUT2D eigenvalue weighted by Gasteiger charge is -2.14. The maximum atomic E-state index is 12.2. The summed E-state index contributed by atoms with van der Waals surface area (Å²) in [6.07, 6.45) is 8.06. The van der Waals surface area contributed by atoms with Gasteiger partial charge in [-0.15, -0.1) is 0 Å². The summed E-state index contributed by atoms with van der Waals surface area (Å²) in [6, 6.07) is 12.6. The quantitative estimate of drug-likeness (QED) is 0.859. The maximum absolute atomic E-state index is 12.2. The number of amides is 1. The molecule has 0 fully saturated rings. The molecular formula is C22H23NO2. The van der Waals surface area contributed by atoms with Crippen LogP contribution in [-0.2, 0) is 24.1 Å². The molecule has 0 saturated carbocycles. The lowest BCUT2D eigenvalue weighted by Crippen LogP contribution is -2.24. The Labute approximate surface area is 148 Å². The van der Waals surface area contributed by atoms with Crippen LogP contribution >= 0.6 is 0 Å². The summed E-state index contributed by atoms with van der Waals surface area (Å²) in [5, 5.41) is 3.04. The van der Waals surface area contributed by atoms with Gasteiger partial charge in [-0.2, -0.15) is 0 Å². The molecule has 1 aliphatic carbocycles. The minimum absolute atomic E-state index is 0.0249. The average Bonchev–Trinajstić information content (AvgIpc) is 3.27. The summed E-state index contributed by atoms with van der Waals surface area (Å²) < 4.78 is 5.53. The number of aryl methyl sites for hydroxylation is 2. The van der Waals surface area contributed by atoms with Gasteiger partial charge >= 0.3 is 0 Å². The Hall–Kier alpha value is -2.55. The van der Waals surface area contributed by atoms with Crippen LogP contribution in [0.4, 0.5) is 0 Å². The number of ether oxygens (including phenoxy) is 1. The fraction of sp³-hybridized carbons (Fsp3) is 0.318. The van der Waals surface area contributed by atoms with E-state index in [-0.39, 0.29) is 11.9 Å². The molecule has 1 aliphatic heterocycles. The van der Waals surface area contributed by atoms with E-state index in [1.54, 1.807) is 6.08 Å². The van der Waals surface area contributed by atoms with Crippen molar-refractivity contribution in [1.82, 2.24) is 5.32 Å². The summed E-state index contributed by atoms with van der Waals surface area (Å²) in [4.78, 5) is 12.2. The molecule has 0 bridgehead atoms. The van der Waals surface area contributed by atoms with Crippen molar-refractivity contribution in [1.29, 1.82) is 0 Å². The molecule has 2 aromatic carbocycles. The van der Waals surface area contributed by atoms with Gasteiger partial charge < -0.3 is 10.1 Å². The van der Waals surface area contributed by atoms with E-state index in [1.165, 1.54) is 29.5 Å². The van der Waals surface area contributed by atoms with Crippen molar-refractivity contribution in [2.24, 2.45) is 0 Å². The van der Waals surface area contributed by atoms with Crippen molar-refractivity contribution < 1.29 is 9.53 Å². The minimum Gasteiger partial charge on any atom is -0.493 e. The molecular weight excluding hydrogens is 310 g/mol. The van der Waals surface area contributed by atoms with Gasteiger partial charge in [-0.3, -0.25) is 4.79 Å². The second-order valence-electron chi connectivity index (χ2n) is 6.91. The van der Waals surface area contributed by atoms with Crippen LogP contribution in [-0.4, -0.2) is 12.5 Å². The first-order valence-electron chi connectivity index (χ1n) is 9.05. The molecule has 0 aromatic heterocycles. The van der Waals surface area contributed by atoms with Crippen LogP contribution in [0, 0.1) is 0 Å². The van der Waals surface area contributed by atoms with E-state index in [2.05, 4.69) is 29.6 Å². The van der Waals surface area contributed by atoms with Crippen molar-refractivity contribution >= 4 is 12.0 Å². The first-order chi connectivity index (χ1) is 12.2. The van der Waals surface area contributed by atoms with Crippen molar-refractivity contribution in [3.05, 3.63) is 70.3 Å². The SMILES string of the molecule is CC(NC(=O)C=Cc1ccc2c(c1)CCC2)c1ccc2c(c1)CCO2. The van der Waals surface area contributed by atoms with E-state index in [9.17, 15) is 4.79 Å². The molecule has 1 N–H and O–H groups in total. The third-order valence-corrected chi connectivity index (χ3v) is 5.12. The average molecular weight is 333 g/mol. The summed E-state index contributed by atoms with van der Waals surface area (Å²) in [7, 11) is 0. The van der Waals surface area contributed by atoms with Crippen LogP contribution in [0.5, 0.6) is 5.75 Å². The molecule has 128 valence electrons. The van der Waals surface area contributed by atoms with Crippen LogP contribution in [0.3, 0.4) is 0 Å². The molecule has 1 amide bonds. The Morgan fingerprint density at radius 1 is 1.08 bits per heavy atom. The maximum Gasteiger partial charge on any atom is 0.244 e. The molecule has 1 heterocycles. The van der Waals surface area contributed by atoms with Crippen molar-refractivity contribution in [2.75, 3.05) is 6.61 Å². The zero-order valence-electron chi connectivity index (χ0n) is 14.5. The highest BCUT2D eigenvalue weighted by atomic mass is 16.5. The molecule has 0 radical (unpaired) electrons. The minimum atomic E-state index is -0.0650. The standard InChI is InChI=1S/C22H23NO2/c1-15(18-8-9-21-20(14-18)11-12-25-21)23-22(24)10-6-16-5-7-17-3-2-4-19(17)13-16/h5-10,13-15H,2-4,11-12H2,1H3,(H,23,24). The predicted molar refractivity (Wildman–Crippen MR) is 99.7 cm³/mol. The predicted octanol–water partition coefficient (Wildman–Crippen LogP) is 4.00. The second-order valence-corrected chi connectivity index (χ2v) is 6.91. The second kappa shape index (κ2) is 6.75. The molecule has 25 heavy (non-hydrogen) atoms. The molecule has 0 spiro atoms. The lowest BCUT2D eigenvalue weighted by molar-refractivity contribution is -0.117. The Morgan fingerprint density at radius 2 is 1.96 bits per heavy atom. The van der Waals surface area contributed by atoms with E-state index in [1.807, 2.05) is 25.1 Å². The van der Waals surface area contributed by atoms with E-state index in [0.717, 1.165) is 36.3 Å². The summed E-state index contributed by atoms with van der Waals surface area (Å²) >= 11 is 0. The number of benzene rings is 2. The van der Waals surface area contributed by atoms with E-state index < -0.39 is 0 Å². The van der Waals surface area contributed by atoms with Gasteiger partial charge in [0.2, 0.25) is 5.91 Å². The lowest BCUT2D eigenvalue weighted by atomic mass is 10.0. The van der Waals surface area contributed by atoms with E-state index in [0.29, 0.717) is 0 Å². The Morgan fingerprint density at radius 3 is 2.88 bits per heavy atom. The highest BCUT2D eigenvalue weighted by molar-refractivity contribution is 5.92. The number of fused-ring (bicyclic) bond motifs is 2. The third-order valence-electron chi connectivity index (χ3n) is 5.12. The largest absolute Gasteiger partial charge is 0.493 e. The molecule has 2 aromatic rings. The van der Waals surface area contributed by atoms with Gasteiger partial charge in [0.15, 0.2) is 0 Å². The first-order valence-corrected chi connectivity index (χ1v) is 9.05. The van der Waals surface area contributed by atoms with Crippen LogP contribution < -0.4 is 10.1 Å². The third kappa shape index (κ3) is 3.46. The van der Waals surface area contributed by atoms with Crippen LogP contribution in [0.25, 0.3) is 6.08 Å². The molecule has 1 atom stereocenters. The fourth-order valence-corrected chi connectivity index (χ4v) is 3.69.